The van der Waals surface area contributed by atoms with Crippen molar-refractivity contribution in [2.75, 3.05) is 13.1 Å². The highest BCUT2D eigenvalue weighted by Gasteiger charge is 2.24. The number of amides is 1. The van der Waals surface area contributed by atoms with Gasteiger partial charge in [0.1, 0.15) is 0 Å². The lowest BCUT2D eigenvalue weighted by Crippen LogP contribution is -2.41. The van der Waals surface area contributed by atoms with Crippen LogP contribution in [0.25, 0.3) is 10.1 Å². The zero-order valence-electron chi connectivity index (χ0n) is 9.19. The zero-order valence-corrected chi connectivity index (χ0v) is 10.0. The SMILES string of the molecule is Cc1c(C(=O)N2CCC2)sc2ccccc12. The molecule has 1 aromatic heterocycles. The van der Waals surface area contributed by atoms with Crippen molar-refractivity contribution in [3.05, 3.63) is 34.7 Å². The highest BCUT2D eigenvalue weighted by Crippen LogP contribution is 2.32. The van der Waals surface area contributed by atoms with Crippen molar-refractivity contribution in [1.82, 2.24) is 4.90 Å². The lowest BCUT2D eigenvalue weighted by Gasteiger charge is -2.30. The highest BCUT2D eigenvalue weighted by molar-refractivity contribution is 7.21. The first kappa shape index (κ1) is 9.85. The second kappa shape index (κ2) is 3.59. The van der Waals surface area contributed by atoms with Gasteiger partial charge in [-0.2, -0.15) is 0 Å². The summed E-state index contributed by atoms with van der Waals surface area (Å²) in [6, 6.07) is 8.23. The molecule has 1 aliphatic rings. The van der Waals surface area contributed by atoms with Gasteiger partial charge in [-0.05, 0) is 30.4 Å². The van der Waals surface area contributed by atoms with Gasteiger partial charge in [0.05, 0.1) is 4.88 Å². The third-order valence-corrected chi connectivity index (χ3v) is 4.44. The number of hydrogen-bond acceptors (Lipinski definition) is 2. The summed E-state index contributed by atoms with van der Waals surface area (Å²) in [5.74, 6) is 0.213. The van der Waals surface area contributed by atoms with Crippen LogP contribution < -0.4 is 0 Å². The van der Waals surface area contributed by atoms with E-state index in [0.717, 1.165) is 30.0 Å². The quantitative estimate of drug-likeness (QED) is 0.738. The van der Waals surface area contributed by atoms with E-state index in [0.29, 0.717) is 0 Å². The normalized spacial score (nSPS) is 15.2. The van der Waals surface area contributed by atoms with Crippen molar-refractivity contribution in [3.63, 3.8) is 0 Å². The lowest BCUT2D eigenvalue weighted by molar-refractivity contribution is 0.0656. The molecule has 2 heterocycles. The Balaban J connectivity index is 2.09. The molecular formula is C13H13NOS. The molecule has 1 aliphatic heterocycles. The zero-order chi connectivity index (χ0) is 11.1. The molecule has 0 spiro atoms. The minimum Gasteiger partial charge on any atom is -0.338 e. The van der Waals surface area contributed by atoms with E-state index in [1.807, 2.05) is 24.0 Å². The third kappa shape index (κ3) is 1.35. The van der Waals surface area contributed by atoms with E-state index in [-0.39, 0.29) is 5.91 Å². The molecule has 0 aliphatic carbocycles. The summed E-state index contributed by atoms with van der Waals surface area (Å²) in [7, 11) is 0. The predicted octanol–water partition coefficient (Wildman–Crippen LogP) is 3.06. The number of carbonyl (C=O) groups is 1. The monoisotopic (exact) mass is 231 g/mol. The number of aryl methyl sites for hydroxylation is 1. The number of carbonyl (C=O) groups excluding carboxylic acids is 1. The van der Waals surface area contributed by atoms with E-state index in [1.54, 1.807) is 11.3 Å². The molecule has 1 fully saturated rings. The van der Waals surface area contributed by atoms with Gasteiger partial charge in [-0.15, -0.1) is 11.3 Å². The van der Waals surface area contributed by atoms with Gasteiger partial charge in [0.2, 0.25) is 0 Å². The van der Waals surface area contributed by atoms with Gasteiger partial charge in [0, 0.05) is 17.8 Å². The van der Waals surface area contributed by atoms with Crippen LogP contribution in [0.1, 0.15) is 21.7 Å². The maximum Gasteiger partial charge on any atom is 0.264 e. The average Bonchev–Trinajstić information content (AvgIpc) is 2.54. The Kier molecular flexibility index (Phi) is 2.21. The first-order chi connectivity index (χ1) is 7.77. The summed E-state index contributed by atoms with van der Waals surface area (Å²) in [5, 5.41) is 1.22. The summed E-state index contributed by atoms with van der Waals surface area (Å²) in [6.07, 6.45) is 1.15. The largest absolute Gasteiger partial charge is 0.338 e. The van der Waals surface area contributed by atoms with Crippen LogP contribution in [0.2, 0.25) is 0 Å². The predicted molar refractivity (Wildman–Crippen MR) is 67.1 cm³/mol. The topological polar surface area (TPSA) is 20.3 Å². The minimum atomic E-state index is 0.213. The lowest BCUT2D eigenvalue weighted by atomic mass is 10.1. The van der Waals surface area contributed by atoms with Crippen LogP contribution in [0.5, 0.6) is 0 Å². The molecule has 0 saturated carbocycles. The van der Waals surface area contributed by atoms with E-state index < -0.39 is 0 Å². The molecule has 2 nitrogen and oxygen atoms in total. The third-order valence-electron chi connectivity index (χ3n) is 3.18. The van der Waals surface area contributed by atoms with Crippen molar-refractivity contribution in [2.45, 2.75) is 13.3 Å². The molecule has 0 radical (unpaired) electrons. The van der Waals surface area contributed by atoms with Gasteiger partial charge < -0.3 is 4.90 Å². The molecule has 16 heavy (non-hydrogen) atoms. The Bertz CT molecular complexity index is 554. The Morgan fingerprint density at radius 3 is 2.69 bits per heavy atom. The van der Waals surface area contributed by atoms with Crippen LogP contribution in [0.15, 0.2) is 24.3 Å². The Morgan fingerprint density at radius 1 is 1.31 bits per heavy atom. The molecule has 2 aromatic rings. The maximum atomic E-state index is 12.2. The number of hydrogen-bond donors (Lipinski definition) is 0. The molecule has 0 bridgehead atoms. The number of fused-ring (bicyclic) bond motifs is 1. The van der Waals surface area contributed by atoms with Crippen LogP contribution in [-0.2, 0) is 0 Å². The van der Waals surface area contributed by atoms with Crippen LogP contribution >= 0.6 is 11.3 Å². The molecular weight excluding hydrogens is 218 g/mol. The molecule has 1 amide bonds. The highest BCUT2D eigenvalue weighted by atomic mass is 32.1. The van der Waals surface area contributed by atoms with Crippen LogP contribution in [-0.4, -0.2) is 23.9 Å². The molecule has 0 unspecified atom stereocenters. The van der Waals surface area contributed by atoms with Gasteiger partial charge in [-0.1, -0.05) is 18.2 Å². The van der Waals surface area contributed by atoms with E-state index in [4.69, 9.17) is 0 Å². The molecule has 3 heteroatoms. The van der Waals surface area contributed by atoms with Crippen molar-refractivity contribution >= 4 is 27.3 Å². The number of benzene rings is 1. The van der Waals surface area contributed by atoms with E-state index in [1.165, 1.54) is 10.1 Å². The number of thiophene rings is 1. The van der Waals surface area contributed by atoms with Gasteiger partial charge in [0.15, 0.2) is 0 Å². The van der Waals surface area contributed by atoms with Crippen molar-refractivity contribution in [2.24, 2.45) is 0 Å². The fraction of sp³-hybridized carbons (Fsp3) is 0.308. The summed E-state index contributed by atoms with van der Waals surface area (Å²) in [4.78, 5) is 15.0. The molecule has 1 saturated heterocycles. The number of rotatable bonds is 1. The molecule has 82 valence electrons. The van der Waals surface area contributed by atoms with Crippen LogP contribution in [0.3, 0.4) is 0 Å². The van der Waals surface area contributed by atoms with Crippen molar-refractivity contribution in [1.29, 1.82) is 0 Å². The second-order valence-corrected chi connectivity index (χ2v) is 5.25. The second-order valence-electron chi connectivity index (χ2n) is 4.20. The smallest absolute Gasteiger partial charge is 0.264 e. The number of likely N-dealkylation sites (tertiary alicyclic amines) is 1. The van der Waals surface area contributed by atoms with Gasteiger partial charge in [-0.25, -0.2) is 0 Å². The summed E-state index contributed by atoms with van der Waals surface area (Å²) >= 11 is 1.62. The fourth-order valence-corrected chi connectivity index (χ4v) is 3.22. The van der Waals surface area contributed by atoms with Crippen molar-refractivity contribution < 1.29 is 4.79 Å². The average molecular weight is 231 g/mol. The van der Waals surface area contributed by atoms with Gasteiger partial charge >= 0.3 is 0 Å². The van der Waals surface area contributed by atoms with E-state index >= 15 is 0 Å². The summed E-state index contributed by atoms with van der Waals surface area (Å²) < 4.78 is 1.21. The first-order valence-corrected chi connectivity index (χ1v) is 6.36. The van der Waals surface area contributed by atoms with Gasteiger partial charge in [0.25, 0.3) is 5.91 Å². The van der Waals surface area contributed by atoms with E-state index in [9.17, 15) is 4.79 Å². The molecule has 3 rings (SSSR count). The fourth-order valence-electron chi connectivity index (χ4n) is 2.04. The maximum absolute atomic E-state index is 12.2. The standard InChI is InChI=1S/C13H13NOS/c1-9-10-5-2-3-6-11(10)16-12(9)13(15)14-7-4-8-14/h2-3,5-6H,4,7-8H2,1H3. The molecule has 1 aromatic carbocycles. The van der Waals surface area contributed by atoms with Gasteiger partial charge in [-0.3, -0.25) is 4.79 Å². The minimum absolute atomic E-state index is 0.213. The van der Waals surface area contributed by atoms with Crippen LogP contribution in [0.4, 0.5) is 0 Å². The Hall–Kier alpha value is -1.35. The summed E-state index contributed by atoms with van der Waals surface area (Å²) in [5.41, 5.74) is 1.14. The Morgan fingerprint density at radius 2 is 2.06 bits per heavy atom. The number of nitrogens with zero attached hydrogens (tertiary/aromatic N) is 1. The molecule has 0 atom stereocenters. The van der Waals surface area contributed by atoms with Crippen LogP contribution in [0, 0.1) is 6.92 Å². The molecule has 0 N–H and O–H groups in total. The van der Waals surface area contributed by atoms with E-state index in [2.05, 4.69) is 12.1 Å². The first-order valence-electron chi connectivity index (χ1n) is 5.55. The Labute approximate surface area is 98.5 Å². The van der Waals surface area contributed by atoms with Crippen molar-refractivity contribution in [3.8, 4) is 0 Å². The summed E-state index contributed by atoms with van der Waals surface area (Å²) in [6.45, 7) is 3.89.